The lowest BCUT2D eigenvalue weighted by Gasteiger charge is -2.13. The fourth-order valence-electron chi connectivity index (χ4n) is 2.45. The molecule has 0 fully saturated rings. The van der Waals surface area contributed by atoms with E-state index in [9.17, 15) is 9.59 Å². The quantitative estimate of drug-likeness (QED) is 0.687. The summed E-state index contributed by atoms with van der Waals surface area (Å²) in [6.07, 6.45) is 1.74. The first-order valence-corrected chi connectivity index (χ1v) is 9.27. The zero-order valence-electron chi connectivity index (χ0n) is 15.1. The van der Waals surface area contributed by atoms with E-state index in [1.165, 1.54) is 11.3 Å². The number of thiophene rings is 1. The van der Waals surface area contributed by atoms with Crippen LogP contribution in [-0.4, -0.2) is 30.9 Å². The SMILES string of the molecule is CN(C)c1ccc(CNC(=O)c2ccccc2NC(=O)c2cccs2)cn1. The molecule has 0 bridgehead atoms. The zero-order chi connectivity index (χ0) is 19.2. The predicted octanol–water partition coefficient (Wildman–Crippen LogP) is 3.39. The Morgan fingerprint density at radius 2 is 1.85 bits per heavy atom. The van der Waals surface area contributed by atoms with Crippen LogP contribution in [0.3, 0.4) is 0 Å². The Morgan fingerprint density at radius 1 is 1.04 bits per heavy atom. The average molecular weight is 380 g/mol. The van der Waals surface area contributed by atoms with Gasteiger partial charge in [-0.25, -0.2) is 4.98 Å². The summed E-state index contributed by atoms with van der Waals surface area (Å²) in [5, 5.41) is 7.51. The van der Waals surface area contributed by atoms with Crippen LogP contribution in [0.2, 0.25) is 0 Å². The van der Waals surface area contributed by atoms with Gasteiger partial charge in [0.1, 0.15) is 5.82 Å². The van der Waals surface area contributed by atoms with E-state index < -0.39 is 0 Å². The first-order valence-electron chi connectivity index (χ1n) is 8.39. The van der Waals surface area contributed by atoms with Crippen LogP contribution in [0.15, 0.2) is 60.1 Å². The van der Waals surface area contributed by atoms with Crippen molar-refractivity contribution in [3.05, 3.63) is 76.1 Å². The van der Waals surface area contributed by atoms with Gasteiger partial charge in [0.05, 0.1) is 16.1 Å². The van der Waals surface area contributed by atoms with Gasteiger partial charge in [0, 0.05) is 26.8 Å². The number of benzene rings is 1. The molecule has 2 heterocycles. The first kappa shape index (κ1) is 18.6. The Hall–Kier alpha value is -3.19. The van der Waals surface area contributed by atoms with Gasteiger partial charge >= 0.3 is 0 Å². The normalized spacial score (nSPS) is 10.3. The molecule has 0 atom stereocenters. The highest BCUT2D eigenvalue weighted by Gasteiger charge is 2.14. The van der Waals surface area contributed by atoms with Crippen molar-refractivity contribution in [2.75, 3.05) is 24.3 Å². The average Bonchev–Trinajstić information content (AvgIpc) is 3.22. The highest BCUT2D eigenvalue weighted by molar-refractivity contribution is 7.12. The predicted molar refractivity (Wildman–Crippen MR) is 108 cm³/mol. The molecular formula is C20H20N4O2S. The highest BCUT2D eigenvalue weighted by Crippen LogP contribution is 2.18. The number of anilines is 2. The van der Waals surface area contributed by atoms with Gasteiger partial charge in [-0.05, 0) is 35.2 Å². The van der Waals surface area contributed by atoms with Crippen LogP contribution in [0, 0.1) is 0 Å². The first-order chi connectivity index (χ1) is 13.0. The van der Waals surface area contributed by atoms with Crippen molar-refractivity contribution in [3.8, 4) is 0 Å². The number of aromatic nitrogens is 1. The summed E-state index contributed by atoms with van der Waals surface area (Å²) in [5.41, 5.74) is 1.80. The third-order valence-corrected chi connectivity index (χ3v) is 4.75. The molecule has 0 aliphatic heterocycles. The number of hydrogen-bond donors (Lipinski definition) is 2. The Balaban J connectivity index is 1.67. The second kappa shape index (κ2) is 8.46. The molecule has 27 heavy (non-hydrogen) atoms. The van der Waals surface area contributed by atoms with E-state index in [4.69, 9.17) is 0 Å². The van der Waals surface area contributed by atoms with Gasteiger partial charge in [0.25, 0.3) is 11.8 Å². The van der Waals surface area contributed by atoms with Gasteiger partial charge in [-0.15, -0.1) is 11.3 Å². The number of amides is 2. The molecule has 3 rings (SSSR count). The van der Waals surface area contributed by atoms with Crippen molar-refractivity contribution in [1.82, 2.24) is 10.3 Å². The molecule has 138 valence electrons. The van der Waals surface area contributed by atoms with Crippen molar-refractivity contribution in [2.45, 2.75) is 6.54 Å². The van der Waals surface area contributed by atoms with Crippen molar-refractivity contribution >= 4 is 34.7 Å². The minimum absolute atomic E-state index is 0.228. The third kappa shape index (κ3) is 4.71. The lowest BCUT2D eigenvalue weighted by atomic mass is 10.1. The minimum Gasteiger partial charge on any atom is -0.363 e. The Kier molecular flexibility index (Phi) is 5.83. The second-order valence-electron chi connectivity index (χ2n) is 6.08. The maximum absolute atomic E-state index is 12.6. The van der Waals surface area contributed by atoms with Crippen LogP contribution in [-0.2, 0) is 6.54 Å². The van der Waals surface area contributed by atoms with E-state index in [0.29, 0.717) is 22.7 Å². The van der Waals surface area contributed by atoms with E-state index >= 15 is 0 Å². The monoisotopic (exact) mass is 380 g/mol. The summed E-state index contributed by atoms with van der Waals surface area (Å²) >= 11 is 1.35. The molecule has 0 saturated heterocycles. The largest absolute Gasteiger partial charge is 0.363 e. The van der Waals surface area contributed by atoms with Crippen molar-refractivity contribution in [2.24, 2.45) is 0 Å². The topological polar surface area (TPSA) is 74.3 Å². The van der Waals surface area contributed by atoms with E-state index in [1.54, 1.807) is 36.5 Å². The van der Waals surface area contributed by atoms with Crippen LogP contribution in [0.5, 0.6) is 0 Å². The van der Waals surface area contributed by atoms with Gasteiger partial charge in [-0.3, -0.25) is 9.59 Å². The van der Waals surface area contributed by atoms with E-state index in [-0.39, 0.29) is 11.8 Å². The van der Waals surface area contributed by atoms with Crippen LogP contribution < -0.4 is 15.5 Å². The molecule has 1 aromatic carbocycles. The Labute approximate surface area is 161 Å². The number of pyridine rings is 1. The molecule has 0 unspecified atom stereocenters. The smallest absolute Gasteiger partial charge is 0.265 e. The fraction of sp³-hybridized carbons (Fsp3) is 0.150. The van der Waals surface area contributed by atoms with Crippen LogP contribution in [0.25, 0.3) is 0 Å². The van der Waals surface area contributed by atoms with E-state index in [0.717, 1.165) is 11.4 Å². The fourth-order valence-corrected chi connectivity index (χ4v) is 3.06. The van der Waals surface area contributed by atoms with Crippen LogP contribution in [0.1, 0.15) is 25.6 Å². The molecule has 0 aliphatic carbocycles. The summed E-state index contributed by atoms with van der Waals surface area (Å²) in [6.45, 7) is 0.354. The molecule has 2 N–H and O–H groups in total. The second-order valence-corrected chi connectivity index (χ2v) is 7.03. The third-order valence-electron chi connectivity index (χ3n) is 3.89. The molecule has 0 aliphatic rings. The highest BCUT2D eigenvalue weighted by atomic mass is 32.1. The number of carbonyl (C=O) groups is 2. The molecule has 2 amide bonds. The van der Waals surface area contributed by atoms with Gasteiger partial charge in [-0.2, -0.15) is 0 Å². The van der Waals surface area contributed by atoms with Crippen molar-refractivity contribution < 1.29 is 9.59 Å². The number of para-hydroxylation sites is 1. The summed E-state index contributed by atoms with van der Waals surface area (Å²) in [7, 11) is 3.84. The molecule has 7 heteroatoms. The van der Waals surface area contributed by atoms with E-state index in [1.807, 2.05) is 42.6 Å². The molecule has 6 nitrogen and oxygen atoms in total. The van der Waals surface area contributed by atoms with E-state index in [2.05, 4.69) is 15.6 Å². The van der Waals surface area contributed by atoms with Crippen molar-refractivity contribution in [3.63, 3.8) is 0 Å². The van der Waals surface area contributed by atoms with Gasteiger partial charge in [-0.1, -0.05) is 24.3 Å². The summed E-state index contributed by atoms with van der Waals surface area (Å²) in [6, 6.07) is 14.3. The van der Waals surface area contributed by atoms with Gasteiger partial charge in [0.2, 0.25) is 0 Å². The molecule has 0 saturated carbocycles. The summed E-state index contributed by atoms with van der Waals surface area (Å²) < 4.78 is 0. The number of nitrogens with zero attached hydrogens (tertiary/aromatic N) is 2. The lowest BCUT2D eigenvalue weighted by molar-refractivity contribution is 0.0951. The number of nitrogens with one attached hydrogen (secondary N) is 2. The van der Waals surface area contributed by atoms with Gasteiger partial charge < -0.3 is 15.5 Å². The number of carbonyl (C=O) groups excluding carboxylic acids is 2. The summed E-state index contributed by atoms with van der Waals surface area (Å²) in [5.74, 6) is 0.370. The minimum atomic E-state index is -0.256. The van der Waals surface area contributed by atoms with Crippen molar-refractivity contribution in [1.29, 1.82) is 0 Å². The number of rotatable bonds is 6. The maximum atomic E-state index is 12.6. The number of hydrogen-bond acceptors (Lipinski definition) is 5. The Morgan fingerprint density at radius 3 is 2.52 bits per heavy atom. The molecule has 2 aromatic heterocycles. The standard InChI is InChI=1S/C20H20N4O2S/c1-24(2)18-10-9-14(12-21-18)13-22-19(25)15-6-3-4-7-16(15)23-20(26)17-8-5-11-27-17/h3-12H,13H2,1-2H3,(H,22,25)(H,23,26). The lowest BCUT2D eigenvalue weighted by Crippen LogP contribution is -2.25. The molecule has 0 radical (unpaired) electrons. The zero-order valence-corrected chi connectivity index (χ0v) is 15.9. The molecule has 0 spiro atoms. The maximum Gasteiger partial charge on any atom is 0.265 e. The summed E-state index contributed by atoms with van der Waals surface area (Å²) in [4.78, 5) is 31.7. The Bertz CT molecular complexity index is 921. The van der Waals surface area contributed by atoms with Crippen LogP contribution in [0.4, 0.5) is 11.5 Å². The molecular weight excluding hydrogens is 360 g/mol. The van der Waals surface area contributed by atoms with Gasteiger partial charge in [0.15, 0.2) is 0 Å². The molecule has 3 aromatic rings. The van der Waals surface area contributed by atoms with Crippen LogP contribution >= 0.6 is 11.3 Å².